The summed E-state index contributed by atoms with van der Waals surface area (Å²) in [4.78, 5) is 6.94. The molecule has 1 aromatic rings. The molecule has 0 bridgehead atoms. The van der Waals surface area contributed by atoms with Crippen molar-refractivity contribution in [3.8, 4) is 6.07 Å². The first-order valence-corrected chi connectivity index (χ1v) is 10.1. The van der Waals surface area contributed by atoms with E-state index in [0.717, 1.165) is 32.0 Å². The standard InChI is InChI=1S/C21H30FN5/c1-24-21(25-15-17-8-7-16(14-23)13-20(17)22)26-18-9-11-27(12-10-18)19-5-3-2-4-6-19/h7-8,13,18-19H,2-6,9-12,15H2,1H3,(H2,24,25,26). The number of aliphatic imine (C=N–C) groups is 1. The van der Waals surface area contributed by atoms with Crippen molar-refractivity contribution in [3.05, 3.63) is 35.1 Å². The van der Waals surface area contributed by atoms with Gasteiger partial charge in [0.15, 0.2) is 5.96 Å². The highest BCUT2D eigenvalue weighted by molar-refractivity contribution is 5.79. The first kappa shape index (κ1) is 19.6. The minimum absolute atomic E-state index is 0.337. The molecule has 3 rings (SSSR count). The Bertz CT molecular complexity index is 682. The normalized spacial score (nSPS) is 20.3. The number of nitriles is 1. The third kappa shape index (κ3) is 5.43. The maximum atomic E-state index is 14.0. The fourth-order valence-electron chi connectivity index (χ4n) is 4.18. The number of benzene rings is 1. The minimum Gasteiger partial charge on any atom is -0.354 e. The van der Waals surface area contributed by atoms with Gasteiger partial charge in [-0.2, -0.15) is 5.26 Å². The van der Waals surface area contributed by atoms with E-state index < -0.39 is 0 Å². The van der Waals surface area contributed by atoms with Gasteiger partial charge in [-0.3, -0.25) is 4.99 Å². The van der Waals surface area contributed by atoms with Crippen molar-refractivity contribution in [2.45, 2.75) is 63.6 Å². The second kappa shape index (κ2) is 9.70. The van der Waals surface area contributed by atoms with Crippen LogP contribution in [0.25, 0.3) is 0 Å². The first-order valence-electron chi connectivity index (χ1n) is 10.1. The molecular formula is C21H30FN5. The molecule has 1 saturated carbocycles. The Kier molecular flexibility index (Phi) is 7.05. The molecule has 1 saturated heterocycles. The molecular weight excluding hydrogens is 341 g/mol. The number of likely N-dealkylation sites (tertiary alicyclic amines) is 1. The molecule has 6 heteroatoms. The van der Waals surface area contributed by atoms with E-state index in [1.807, 2.05) is 6.07 Å². The molecule has 0 spiro atoms. The summed E-state index contributed by atoms with van der Waals surface area (Å²) in [6.07, 6.45) is 9.10. The lowest BCUT2D eigenvalue weighted by molar-refractivity contribution is 0.119. The second-order valence-electron chi connectivity index (χ2n) is 7.59. The predicted molar refractivity (Wildman–Crippen MR) is 106 cm³/mol. The number of piperidine rings is 1. The van der Waals surface area contributed by atoms with Crippen LogP contribution in [0.3, 0.4) is 0 Å². The number of rotatable bonds is 4. The van der Waals surface area contributed by atoms with E-state index in [-0.39, 0.29) is 5.82 Å². The van der Waals surface area contributed by atoms with Gasteiger partial charge in [0.25, 0.3) is 0 Å². The van der Waals surface area contributed by atoms with Gasteiger partial charge in [0.05, 0.1) is 11.6 Å². The van der Waals surface area contributed by atoms with Crippen LogP contribution in [0.1, 0.15) is 56.1 Å². The lowest BCUT2D eigenvalue weighted by Gasteiger charge is -2.39. The maximum Gasteiger partial charge on any atom is 0.191 e. The zero-order valence-corrected chi connectivity index (χ0v) is 16.2. The lowest BCUT2D eigenvalue weighted by Crippen LogP contribution is -2.50. The third-order valence-electron chi connectivity index (χ3n) is 5.81. The summed E-state index contributed by atoms with van der Waals surface area (Å²) < 4.78 is 14.0. The van der Waals surface area contributed by atoms with Gasteiger partial charge in [-0.25, -0.2) is 4.39 Å². The Hall–Kier alpha value is -2.13. The van der Waals surface area contributed by atoms with E-state index >= 15 is 0 Å². The third-order valence-corrected chi connectivity index (χ3v) is 5.81. The summed E-state index contributed by atoms with van der Waals surface area (Å²) >= 11 is 0. The van der Waals surface area contributed by atoms with Crippen LogP contribution in [0.5, 0.6) is 0 Å². The molecule has 1 heterocycles. The van der Waals surface area contributed by atoms with Crippen LogP contribution in [0.2, 0.25) is 0 Å². The summed E-state index contributed by atoms with van der Waals surface area (Å²) in [5, 5.41) is 15.5. The molecule has 146 valence electrons. The largest absolute Gasteiger partial charge is 0.354 e. The van der Waals surface area contributed by atoms with Crippen LogP contribution < -0.4 is 10.6 Å². The van der Waals surface area contributed by atoms with Crippen LogP contribution in [-0.4, -0.2) is 43.1 Å². The highest BCUT2D eigenvalue weighted by Crippen LogP contribution is 2.25. The first-order chi connectivity index (χ1) is 13.2. The zero-order valence-electron chi connectivity index (χ0n) is 16.2. The maximum absolute atomic E-state index is 14.0. The molecule has 1 aliphatic carbocycles. The molecule has 2 N–H and O–H groups in total. The molecule has 0 atom stereocenters. The van der Waals surface area contributed by atoms with Gasteiger partial charge >= 0.3 is 0 Å². The van der Waals surface area contributed by atoms with E-state index in [1.54, 1.807) is 19.2 Å². The summed E-state index contributed by atoms with van der Waals surface area (Å²) in [5.74, 6) is 0.340. The monoisotopic (exact) mass is 371 g/mol. The Balaban J connectivity index is 1.45. The van der Waals surface area contributed by atoms with Crippen LogP contribution in [0, 0.1) is 17.1 Å². The minimum atomic E-state index is -0.363. The van der Waals surface area contributed by atoms with Gasteiger partial charge in [-0.15, -0.1) is 0 Å². The molecule has 0 aromatic heterocycles. The van der Waals surface area contributed by atoms with E-state index in [9.17, 15) is 4.39 Å². The Labute approximate surface area is 161 Å². The second-order valence-corrected chi connectivity index (χ2v) is 7.59. The number of nitrogens with zero attached hydrogens (tertiary/aromatic N) is 3. The van der Waals surface area contributed by atoms with Crippen LogP contribution >= 0.6 is 0 Å². The van der Waals surface area contributed by atoms with Crippen LogP contribution in [0.15, 0.2) is 23.2 Å². The Morgan fingerprint density at radius 1 is 1.22 bits per heavy atom. The van der Waals surface area contributed by atoms with E-state index in [0.29, 0.717) is 29.7 Å². The highest BCUT2D eigenvalue weighted by Gasteiger charge is 2.26. The zero-order chi connectivity index (χ0) is 19.1. The quantitative estimate of drug-likeness (QED) is 0.630. The van der Waals surface area contributed by atoms with Crippen molar-refractivity contribution >= 4 is 5.96 Å². The highest BCUT2D eigenvalue weighted by atomic mass is 19.1. The molecule has 0 amide bonds. The van der Waals surface area contributed by atoms with Gasteiger partial charge in [0.1, 0.15) is 5.82 Å². The molecule has 27 heavy (non-hydrogen) atoms. The van der Waals surface area contributed by atoms with Crippen LogP contribution in [0.4, 0.5) is 4.39 Å². The van der Waals surface area contributed by atoms with Crippen molar-refractivity contribution in [1.82, 2.24) is 15.5 Å². The van der Waals surface area contributed by atoms with Gasteiger partial charge in [-0.1, -0.05) is 25.3 Å². The van der Waals surface area contributed by atoms with Crippen molar-refractivity contribution in [3.63, 3.8) is 0 Å². The summed E-state index contributed by atoms with van der Waals surface area (Å²) in [5.41, 5.74) is 0.868. The fourth-order valence-corrected chi connectivity index (χ4v) is 4.18. The number of nitrogens with one attached hydrogen (secondary N) is 2. The Morgan fingerprint density at radius 3 is 2.59 bits per heavy atom. The van der Waals surface area contributed by atoms with Crippen molar-refractivity contribution < 1.29 is 4.39 Å². The van der Waals surface area contributed by atoms with E-state index in [1.165, 1.54) is 38.2 Å². The average Bonchev–Trinajstić information content (AvgIpc) is 2.73. The van der Waals surface area contributed by atoms with E-state index in [2.05, 4.69) is 20.5 Å². The van der Waals surface area contributed by atoms with Gasteiger partial charge < -0.3 is 15.5 Å². The molecule has 2 fully saturated rings. The van der Waals surface area contributed by atoms with Gasteiger partial charge in [0.2, 0.25) is 0 Å². The number of hydrogen-bond acceptors (Lipinski definition) is 3. The van der Waals surface area contributed by atoms with Gasteiger partial charge in [-0.05, 0) is 37.8 Å². The smallest absolute Gasteiger partial charge is 0.191 e. The molecule has 1 aliphatic heterocycles. The average molecular weight is 372 g/mol. The van der Waals surface area contributed by atoms with Crippen molar-refractivity contribution in [1.29, 1.82) is 5.26 Å². The molecule has 5 nitrogen and oxygen atoms in total. The molecule has 0 unspecified atom stereocenters. The fraction of sp³-hybridized carbons (Fsp3) is 0.619. The molecule has 0 radical (unpaired) electrons. The number of guanidine groups is 1. The summed E-state index contributed by atoms with van der Waals surface area (Å²) in [6, 6.07) is 7.70. The Morgan fingerprint density at radius 2 is 1.96 bits per heavy atom. The predicted octanol–water partition coefficient (Wildman–Crippen LogP) is 3.16. The van der Waals surface area contributed by atoms with Crippen LogP contribution in [-0.2, 0) is 6.54 Å². The van der Waals surface area contributed by atoms with Crippen molar-refractivity contribution in [2.75, 3.05) is 20.1 Å². The number of hydrogen-bond donors (Lipinski definition) is 2. The SMILES string of the molecule is CN=C(NCc1ccc(C#N)cc1F)NC1CCN(C2CCCCC2)CC1. The van der Waals surface area contributed by atoms with Gasteiger partial charge in [0, 0.05) is 44.3 Å². The number of halogens is 1. The molecule has 1 aromatic carbocycles. The van der Waals surface area contributed by atoms with E-state index in [4.69, 9.17) is 5.26 Å². The van der Waals surface area contributed by atoms with Crippen molar-refractivity contribution in [2.24, 2.45) is 4.99 Å². The molecule has 2 aliphatic rings. The summed E-state index contributed by atoms with van der Waals surface area (Å²) in [7, 11) is 1.74. The summed E-state index contributed by atoms with van der Waals surface area (Å²) in [6.45, 7) is 2.63. The lowest BCUT2D eigenvalue weighted by atomic mass is 9.92. The topological polar surface area (TPSA) is 63.5 Å².